The normalized spacial score (nSPS) is 11.2. The molecule has 2 aromatic heterocycles. The Hall–Kier alpha value is -1.08. The second-order valence-corrected chi connectivity index (χ2v) is 6.96. The number of carbonyl (C=O) groups excluding carboxylic acids is 1. The van der Waals surface area contributed by atoms with Gasteiger partial charge in [-0.3, -0.25) is 10.3 Å². The molecule has 1 amide bonds. The van der Waals surface area contributed by atoms with Gasteiger partial charge in [0.25, 0.3) is 0 Å². The van der Waals surface area contributed by atoms with Crippen LogP contribution in [0.25, 0.3) is 11.3 Å². The van der Waals surface area contributed by atoms with Gasteiger partial charge in [-0.05, 0) is 12.1 Å². The molecule has 0 fully saturated rings. The maximum atomic E-state index is 11.5. The lowest BCUT2D eigenvalue weighted by Gasteiger charge is -2.10. The molecule has 0 aliphatic carbocycles. The van der Waals surface area contributed by atoms with Crippen LogP contribution >= 0.6 is 46.1 Å². The zero-order valence-electron chi connectivity index (χ0n) is 9.85. The first-order valence-corrected chi connectivity index (χ1v) is 7.32. The van der Waals surface area contributed by atoms with E-state index in [4.69, 9.17) is 39.5 Å². The molecular formula is C11H8Cl3N3O2S. The minimum atomic E-state index is -1.64. The van der Waals surface area contributed by atoms with E-state index < -0.39 is 9.89 Å². The summed E-state index contributed by atoms with van der Waals surface area (Å²) in [5, 5.41) is 4.66. The Kier molecular flexibility index (Phi) is 5.04. The number of nitrogens with one attached hydrogen (secondary N) is 1. The van der Waals surface area contributed by atoms with Crippen LogP contribution in [-0.4, -0.2) is 26.5 Å². The molecule has 0 saturated heterocycles. The zero-order valence-corrected chi connectivity index (χ0v) is 12.9. The van der Waals surface area contributed by atoms with Gasteiger partial charge in [-0.15, -0.1) is 11.3 Å². The van der Waals surface area contributed by atoms with Crippen molar-refractivity contribution in [3.63, 3.8) is 0 Å². The third-order valence-corrected chi connectivity index (χ3v) is 3.14. The smallest absolute Gasteiger partial charge is 0.413 e. The Balaban J connectivity index is 1.95. The second-order valence-electron chi connectivity index (χ2n) is 3.59. The molecule has 0 unspecified atom stereocenters. The molecule has 106 valence electrons. The van der Waals surface area contributed by atoms with Gasteiger partial charge >= 0.3 is 6.09 Å². The third kappa shape index (κ3) is 4.79. The van der Waals surface area contributed by atoms with Crippen LogP contribution in [0.4, 0.5) is 9.93 Å². The molecular weight excluding hydrogens is 345 g/mol. The van der Waals surface area contributed by atoms with Gasteiger partial charge in [-0.2, -0.15) is 0 Å². The Bertz CT molecular complexity index is 586. The molecule has 0 spiro atoms. The van der Waals surface area contributed by atoms with E-state index in [0.29, 0.717) is 5.13 Å². The molecule has 0 atom stereocenters. The summed E-state index contributed by atoms with van der Waals surface area (Å²) in [6.07, 6.45) is 2.60. The summed E-state index contributed by atoms with van der Waals surface area (Å²) in [5.74, 6) is 0. The van der Waals surface area contributed by atoms with Crippen molar-refractivity contribution in [2.24, 2.45) is 0 Å². The fourth-order valence-corrected chi connectivity index (χ4v) is 2.13. The van der Waals surface area contributed by atoms with Crippen LogP contribution in [0.3, 0.4) is 0 Å². The number of hydrogen-bond acceptors (Lipinski definition) is 5. The fourth-order valence-electron chi connectivity index (χ4n) is 1.26. The number of thiazole rings is 1. The van der Waals surface area contributed by atoms with E-state index >= 15 is 0 Å². The molecule has 0 saturated carbocycles. The molecule has 0 aromatic carbocycles. The number of carbonyl (C=O) groups is 1. The summed E-state index contributed by atoms with van der Waals surface area (Å²) >= 11 is 17.7. The Morgan fingerprint density at radius 2 is 2.05 bits per heavy atom. The van der Waals surface area contributed by atoms with Gasteiger partial charge in [0.2, 0.25) is 3.79 Å². The lowest BCUT2D eigenvalue weighted by Crippen LogP contribution is -2.21. The minimum Gasteiger partial charge on any atom is -0.445 e. The van der Waals surface area contributed by atoms with E-state index in [0.717, 1.165) is 11.3 Å². The first kappa shape index (κ1) is 15.3. The summed E-state index contributed by atoms with van der Waals surface area (Å²) in [6, 6.07) is 3.64. The molecule has 20 heavy (non-hydrogen) atoms. The van der Waals surface area contributed by atoms with Crippen LogP contribution in [0.5, 0.6) is 0 Å². The number of ether oxygens (including phenoxy) is 1. The molecule has 9 heteroatoms. The third-order valence-electron chi connectivity index (χ3n) is 2.06. The number of nitrogens with zero attached hydrogens (tertiary/aromatic N) is 2. The number of halogens is 3. The number of anilines is 1. The Labute approximate surface area is 133 Å². The van der Waals surface area contributed by atoms with E-state index in [1.54, 1.807) is 17.8 Å². The van der Waals surface area contributed by atoms with Crippen LogP contribution in [0.2, 0.25) is 0 Å². The van der Waals surface area contributed by atoms with Crippen LogP contribution < -0.4 is 5.32 Å². The molecule has 5 nitrogen and oxygen atoms in total. The monoisotopic (exact) mass is 351 g/mol. The summed E-state index contributed by atoms with van der Waals surface area (Å²) in [6.45, 7) is -0.341. The van der Waals surface area contributed by atoms with Crippen LogP contribution in [0, 0.1) is 0 Å². The first-order chi connectivity index (χ1) is 9.44. The number of rotatable bonds is 3. The standard InChI is InChI=1S/C11H8Cl3N3O2S/c12-11(13,14)6-19-10(18)17-9-16-8(5-20-9)7-1-3-15-4-2-7/h1-5H,6H2,(H,16,17,18). The molecule has 2 aromatic rings. The number of aromatic nitrogens is 2. The number of hydrogen-bond donors (Lipinski definition) is 1. The summed E-state index contributed by atoms with van der Waals surface area (Å²) in [5.41, 5.74) is 1.63. The Morgan fingerprint density at radius 1 is 1.35 bits per heavy atom. The van der Waals surface area contributed by atoms with Gasteiger partial charge in [0.15, 0.2) is 5.13 Å². The maximum Gasteiger partial charge on any atom is 0.413 e. The lowest BCUT2D eigenvalue weighted by molar-refractivity contribution is 0.164. The van der Waals surface area contributed by atoms with Crippen LogP contribution in [-0.2, 0) is 4.74 Å². The lowest BCUT2D eigenvalue weighted by atomic mass is 10.2. The zero-order chi connectivity index (χ0) is 14.6. The highest BCUT2D eigenvalue weighted by Crippen LogP contribution is 2.27. The number of pyridine rings is 1. The SMILES string of the molecule is O=C(Nc1nc(-c2ccncc2)cs1)OCC(Cl)(Cl)Cl. The summed E-state index contributed by atoms with van der Waals surface area (Å²) in [4.78, 5) is 19.6. The van der Waals surface area contributed by atoms with Crippen molar-refractivity contribution in [2.75, 3.05) is 11.9 Å². The van der Waals surface area contributed by atoms with Gasteiger partial charge in [-0.25, -0.2) is 9.78 Å². The second kappa shape index (κ2) is 6.58. The highest BCUT2D eigenvalue weighted by molar-refractivity contribution is 7.14. The van der Waals surface area contributed by atoms with Crippen molar-refractivity contribution in [1.82, 2.24) is 9.97 Å². The highest BCUT2D eigenvalue weighted by Gasteiger charge is 2.22. The summed E-state index contributed by atoms with van der Waals surface area (Å²) < 4.78 is 3.10. The van der Waals surface area contributed by atoms with E-state index in [-0.39, 0.29) is 6.61 Å². The van der Waals surface area contributed by atoms with Gasteiger partial charge in [0, 0.05) is 23.3 Å². The van der Waals surface area contributed by atoms with E-state index in [1.165, 1.54) is 11.3 Å². The quantitative estimate of drug-likeness (QED) is 0.844. The predicted molar refractivity (Wildman–Crippen MR) is 80.6 cm³/mol. The first-order valence-electron chi connectivity index (χ1n) is 5.30. The average Bonchev–Trinajstić information content (AvgIpc) is 2.85. The topological polar surface area (TPSA) is 64.1 Å². The molecule has 0 aliphatic rings. The maximum absolute atomic E-state index is 11.5. The molecule has 1 N–H and O–H groups in total. The molecule has 2 heterocycles. The van der Waals surface area contributed by atoms with E-state index in [9.17, 15) is 4.79 Å². The van der Waals surface area contributed by atoms with Crippen molar-refractivity contribution in [2.45, 2.75) is 3.79 Å². The highest BCUT2D eigenvalue weighted by atomic mass is 35.6. The fraction of sp³-hybridized carbons (Fsp3) is 0.182. The van der Waals surface area contributed by atoms with Gasteiger partial charge in [0.1, 0.15) is 6.61 Å². The molecule has 0 radical (unpaired) electrons. The van der Waals surface area contributed by atoms with Crippen molar-refractivity contribution in [3.05, 3.63) is 29.9 Å². The van der Waals surface area contributed by atoms with E-state index in [2.05, 4.69) is 15.3 Å². The van der Waals surface area contributed by atoms with Crippen molar-refractivity contribution in [1.29, 1.82) is 0 Å². The number of amides is 1. The minimum absolute atomic E-state index is 0.341. The van der Waals surface area contributed by atoms with Crippen LogP contribution in [0.15, 0.2) is 29.9 Å². The van der Waals surface area contributed by atoms with Crippen molar-refractivity contribution < 1.29 is 9.53 Å². The largest absolute Gasteiger partial charge is 0.445 e. The van der Waals surface area contributed by atoms with Crippen LogP contribution in [0.1, 0.15) is 0 Å². The number of alkyl halides is 3. The van der Waals surface area contributed by atoms with Crippen molar-refractivity contribution in [3.8, 4) is 11.3 Å². The molecule has 0 bridgehead atoms. The average molecular weight is 353 g/mol. The summed E-state index contributed by atoms with van der Waals surface area (Å²) in [7, 11) is 0. The molecule has 0 aliphatic heterocycles. The van der Waals surface area contributed by atoms with Gasteiger partial charge < -0.3 is 4.74 Å². The van der Waals surface area contributed by atoms with Crippen molar-refractivity contribution >= 4 is 57.4 Å². The predicted octanol–water partition coefficient (Wildman–Crippen LogP) is 4.12. The molecule has 2 rings (SSSR count). The van der Waals surface area contributed by atoms with Gasteiger partial charge in [0.05, 0.1) is 5.69 Å². The van der Waals surface area contributed by atoms with Gasteiger partial charge in [-0.1, -0.05) is 34.8 Å². The van der Waals surface area contributed by atoms with E-state index in [1.807, 2.05) is 12.1 Å². The Morgan fingerprint density at radius 3 is 2.70 bits per heavy atom.